The fourth-order valence-electron chi connectivity index (χ4n) is 1.20. The number of rotatable bonds is 3. The molecule has 0 radical (unpaired) electrons. The van der Waals surface area contributed by atoms with Gasteiger partial charge in [-0.1, -0.05) is 0 Å². The second-order valence-corrected chi connectivity index (χ2v) is 3.54. The smallest absolute Gasteiger partial charge is 0.349 e. The van der Waals surface area contributed by atoms with Gasteiger partial charge in [-0.2, -0.15) is 4.37 Å². The Labute approximate surface area is 89.2 Å². The highest BCUT2D eigenvalue weighted by Crippen LogP contribution is 2.24. The normalized spacial score (nSPS) is 10.5. The molecule has 0 amide bonds. The number of carboxylic acid groups (broad SMARTS) is 1. The summed E-state index contributed by atoms with van der Waals surface area (Å²) < 4.78 is 4.03. The first-order valence-electron chi connectivity index (χ1n) is 4.31. The Hall–Kier alpha value is -1.76. The molecule has 2 heterocycles. The van der Waals surface area contributed by atoms with Crippen LogP contribution in [0, 0.1) is 0 Å². The van der Waals surface area contributed by atoms with Crippen LogP contribution in [0.25, 0.3) is 11.0 Å². The van der Waals surface area contributed by atoms with Crippen LogP contribution in [0.2, 0.25) is 0 Å². The molecule has 2 N–H and O–H groups in total. The van der Waals surface area contributed by atoms with Crippen LogP contribution in [-0.4, -0.2) is 32.0 Å². The highest BCUT2D eigenvalue weighted by molar-refractivity contribution is 7.09. The molecule has 0 saturated heterocycles. The van der Waals surface area contributed by atoms with Gasteiger partial charge in [0, 0.05) is 6.54 Å². The molecule has 0 aliphatic carbocycles. The summed E-state index contributed by atoms with van der Waals surface area (Å²) in [5.74, 6) is -0.435. The van der Waals surface area contributed by atoms with Crippen LogP contribution in [0.3, 0.4) is 0 Å². The van der Waals surface area contributed by atoms with E-state index in [2.05, 4.69) is 19.7 Å². The quantitative estimate of drug-likeness (QED) is 0.814. The zero-order valence-electron chi connectivity index (χ0n) is 7.89. The maximum atomic E-state index is 10.8. The summed E-state index contributed by atoms with van der Waals surface area (Å²) in [6.07, 6.45) is 1.33. The molecule has 2 aromatic rings. The first kappa shape index (κ1) is 9.78. The lowest BCUT2D eigenvalue weighted by Gasteiger charge is -2.00. The number of fused-ring (bicyclic) bond motifs is 1. The molecule has 0 spiro atoms. The molecule has 0 aliphatic rings. The molecule has 2 aromatic heterocycles. The number of carboxylic acids is 1. The Kier molecular flexibility index (Phi) is 2.46. The van der Waals surface area contributed by atoms with Crippen LogP contribution in [-0.2, 0) is 0 Å². The molecule has 0 unspecified atom stereocenters. The van der Waals surface area contributed by atoms with Crippen molar-refractivity contribution < 1.29 is 9.90 Å². The third-order valence-electron chi connectivity index (χ3n) is 1.80. The van der Waals surface area contributed by atoms with Gasteiger partial charge in [-0.15, -0.1) is 0 Å². The molecule has 0 fully saturated rings. The summed E-state index contributed by atoms with van der Waals surface area (Å²) >= 11 is 0.919. The molecule has 7 heteroatoms. The van der Waals surface area contributed by atoms with Crippen molar-refractivity contribution in [1.82, 2.24) is 14.3 Å². The lowest BCUT2D eigenvalue weighted by atomic mass is 10.3. The highest BCUT2D eigenvalue weighted by atomic mass is 32.1. The van der Waals surface area contributed by atoms with E-state index in [1.54, 1.807) is 0 Å². The summed E-state index contributed by atoms with van der Waals surface area (Å²) in [6.45, 7) is 2.63. The minimum absolute atomic E-state index is 0.145. The van der Waals surface area contributed by atoms with Crippen LogP contribution in [0.15, 0.2) is 6.33 Å². The summed E-state index contributed by atoms with van der Waals surface area (Å²) in [5, 5.41) is 11.9. The Morgan fingerprint density at radius 1 is 1.53 bits per heavy atom. The standard InChI is InChI=1S/C8H8N4O2S/c1-2-9-7-5-4(10-3-11-7)6(8(13)14)15-12-5/h3H,2H2,1H3,(H,13,14)(H,9,10,11). The van der Waals surface area contributed by atoms with Crippen molar-refractivity contribution in [3.05, 3.63) is 11.2 Å². The molecule has 78 valence electrons. The molecule has 0 aliphatic heterocycles. The van der Waals surface area contributed by atoms with E-state index in [1.807, 2.05) is 6.92 Å². The minimum Gasteiger partial charge on any atom is -0.477 e. The fraction of sp³-hybridized carbons (Fsp3) is 0.250. The van der Waals surface area contributed by atoms with Crippen molar-refractivity contribution >= 4 is 34.4 Å². The van der Waals surface area contributed by atoms with Crippen LogP contribution in [0.5, 0.6) is 0 Å². The summed E-state index contributed by atoms with van der Waals surface area (Å²) in [5.41, 5.74) is 0.903. The number of anilines is 1. The summed E-state index contributed by atoms with van der Waals surface area (Å²) in [4.78, 5) is 18.9. The van der Waals surface area contributed by atoms with E-state index in [0.717, 1.165) is 11.5 Å². The van der Waals surface area contributed by atoms with Gasteiger partial charge in [-0.25, -0.2) is 14.8 Å². The lowest BCUT2D eigenvalue weighted by Crippen LogP contribution is -2.01. The predicted octanol–water partition coefficient (Wildman–Crippen LogP) is 1.22. The van der Waals surface area contributed by atoms with E-state index in [1.165, 1.54) is 6.33 Å². The fourth-order valence-corrected chi connectivity index (χ4v) is 1.87. The van der Waals surface area contributed by atoms with Gasteiger partial charge in [0.25, 0.3) is 0 Å². The second kappa shape index (κ2) is 3.77. The van der Waals surface area contributed by atoms with Crippen molar-refractivity contribution in [2.24, 2.45) is 0 Å². The van der Waals surface area contributed by atoms with E-state index >= 15 is 0 Å². The molecular weight excluding hydrogens is 216 g/mol. The van der Waals surface area contributed by atoms with Crippen molar-refractivity contribution in [2.75, 3.05) is 11.9 Å². The molecule has 0 bridgehead atoms. The Morgan fingerprint density at radius 3 is 3.00 bits per heavy atom. The molecule has 6 nitrogen and oxygen atoms in total. The third kappa shape index (κ3) is 1.61. The number of hydrogen-bond donors (Lipinski definition) is 2. The Morgan fingerprint density at radius 2 is 2.33 bits per heavy atom. The van der Waals surface area contributed by atoms with Crippen molar-refractivity contribution in [3.63, 3.8) is 0 Å². The molecular formula is C8H8N4O2S. The van der Waals surface area contributed by atoms with Gasteiger partial charge in [-0.3, -0.25) is 0 Å². The van der Waals surface area contributed by atoms with E-state index in [-0.39, 0.29) is 4.88 Å². The lowest BCUT2D eigenvalue weighted by molar-refractivity contribution is 0.0704. The maximum absolute atomic E-state index is 10.8. The van der Waals surface area contributed by atoms with E-state index in [0.29, 0.717) is 23.4 Å². The SMILES string of the molecule is CCNc1ncnc2c(C(=O)O)snc12. The number of nitrogens with zero attached hydrogens (tertiary/aromatic N) is 3. The number of hydrogen-bond acceptors (Lipinski definition) is 6. The number of carbonyl (C=O) groups is 1. The van der Waals surface area contributed by atoms with Crippen LogP contribution in [0.1, 0.15) is 16.6 Å². The van der Waals surface area contributed by atoms with Gasteiger partial charge < -0.3 is 10.4 Å². The molecule has 0 saturated carbocycles. The van der Waals surface area contributed by atoms with E-state index in [4.69, 9.17) is 5.11 Å². The first-order chi connectivity index (χ1) is 7.24. The summed E-state index contributed by atoms with van der Waals surface area (Å²) in [6, 6.07) is 0. The second-order valence-electron chi connectivity index (χ2n) is 2.77. The zero-order valence-corrected chi connectivity index (χ0v) is 8.71. The molecule has 0 atom stereocenters. The van der Waals surface area contributed by atoms with E-state index in [9.17, 15) is 4.79 Å². The van der Waals surface area contributed by atoms with Crippen LogP contribution in [0.4, 0.5) is 5.82 Å². The van der Waals surface area contributed by atoms with Gasteiger partial charge in [0.15, 0.2) is 10.7 Å². The average molecular weight is 224 g/mol. The summed E-state index contributed by atoms with van der Waals surface area (Å²) in [7, 11) is 0. The number of aromatic nitrogens is 3. The number of aromatic carboxylic acids is 1. The molecule has 0 aromatic carbocycles. The maximum Gasteiger partial charge on any atom is 0.349 e. The minimum atomic E-state index is -1.01. The van der Waals surface area contributed by atoms with Crippen molar-refractivity contribution in [2.45, 2.75) is 6.92 Å². The van der Waals surface area contributed by atoms with Crippen LogP contribution < -0.4 is 5.32 Å². The topological polar surface area (TPSA) is 88.0 Å². The van der Waals surface area contributed by atoms with Gasteiger partial charge in [0.2, 0.25) is 0 Å². The Balaban J connectivity index is 2.63. The largest absolute Gasteiger partial charge is 0.477 e. The third-order valence-corrected chi connectivity index (χ3v) is 2.63. The zero-order chi connectivity index (χ0) is 10.8. The van der Waals surface area contributed by atoms with E-state index < -0.39 is 5.97 Å². The monoisotopic (exact) mass is 224 g/mol. The molecule has 2 rings (SSSR count). The van der Waals surface area contributed by atoms with Crippen LogP contribution >= 0.6 is 11.5 Å². The molecule has 15 heavy (non-hydrogen) atoms. The first-order valence-corrected chi connectivity index (χ1v) is 5.09. The van der Waals surface area contributed by atoms with Crippen molar-refractivity contribution in [1.29, 1.82) is 0 Å². The van der Waals surface area contributed by atoms with Crippen molar-refractivity contribution in [3.8, 4) is 0 Å². The highest BCUT2D eigenvalue weighted by Gasteiger charge is 2.16. The van der Waals surface area contributed by atoms with Gasteiger partial charge in [0.1, 0.15) is 17.4 Å². The van der Waals surface area contributed by atoms with Gasteiger partial charge in [0.05, 0.1) is 0 Å². The van der Waals surface area contributed by atoms with Gasteiger partial charge >= 0.3 is 5.97 Å². The predicted molar refractivity (Wildman–Crippen MR) is 56.3 cm³/mol. The Bertz CT molecular complexity index is 510. The average Bonchev–Trinajstić information content (AvgIpc) is 2.62. The van der Waals surface area contributed by atoms with Gasteiger partial charge in [-0.05, 0) is 18.5 Å². The number of nitrogens with one attached hydrogen (secondary N) is 1.